The molecule has 1 aromatic rings. The van der Waals surface area contributed by atoms with Crippen molar-refractivity contribution in [2.24, 2.45) is 0 Å². The SMILES string of the molecule is N#Cc1sc2oc3ccccc3oc=2sc1C#N. The van der Waals surface area contributed by atoms with E-state index in [0.29, 0.717) is 30.4 Å². The van der Waals surface area contributed by atoms with Crippen LogP contribution in [0.4, 0.5) is 0 Å². The molecule has 0 atom stereocenters. The van der Waals surface area contributed by atoms with E-state index >= 15 is 0 Å². The van der Waals surface area contributed by atoms with E-state index in [4.69, 9.17) is 19.4 Å². The fourth-order valence-electron chi connectivity index (χ4n) is 1.45. The highest BCUT2D eigenvalue weighted by atomic mass is 32.1. The van der Waals surface area contributed by atoms with E-state index in [9.17, 15) is 0 Å². The second kappa shape index (κ2) is 4.19. The second-order valence-corrected chi connectivity index (χ2v) is 5.28. The zero-order valence-corrected chi connectivity index (χ0v) is 10.5. The lowest BCUT2D eigenvalue weighted by molar-refractivity contribution is 0.494. The van der Waals surface area contributed by atoms with Crippen LogP contribution in [0.3, 0.4) is 0 Å². The van der Waals surface area contributed by atoms with Gasteiger partial charge in [-0.05, 0) is 12.1 Å². The molecule has 0 fully saturated rings. The van der Waals surface area contributed by atoms with Gasteiger partial charge in [0.25, 0.3) is 0 Å². The number of nitriles is 2. The van der Waals surface area contributed by atoms with Crippen LogP contribution in [0.15, 0.2) is 33.1 Å². The Hall–Kier alpha value is -2.28. The molecule has 4 nitrogen and oxygen atoms in total. The molecule has 2 heterocycles. The van der Waals surface area contributed by atoms with Gasteiger partial charge in [-0.1, -0.05) is 34.8 Å². The number of nitrogens with zero attached hydrogens (tertiary/aromatic N) is 2. The molecule has 1 aromatic carbocycles. The molecule has 0 saturated carbocycles. The smallest absolute Gasteiger partial charge is 0.235 e. The van der Waals surface area contributed by atoms with Crippen molar-refractivity contribution in [3.63, 3.8) is 0 Å². The maximum atomic E-state index is 8.97. The molecule has 0 amide bonds. The van der Waals surface area contributed by atoms with Gasteiger partial charge < -0.3 is 8.83 Å². The number of para-hydroxylation sites is 2. The highest BCUT2D eigenvalue weighted by molar-refractivity contribution is 7.17. The van der Waals surface area contributed by atoms with Crippen molar-refractivity contribution in [3.05, 3.63) is 43.5 Å². The van der Waals surface area contributed by atoms with Crippen molar-refractivity contribution in [2.45, 2.75) is 0 Å². The molecule has 0 saturated heterocycles. The van der Waals surface area contributed by atoms with Gasteiger partial charge in [0.15, 0.2) is 11.2 Å². The Morgan fingerprint density at radius 1 is 0.833 bits per heavy atom. The van der Waals surface area contributed by atoms with Crippen LogP contribution < -0.4 is 0 Å². The number of benzene rings is 1. The van der Waals surface area contributed by atoms with E-state index < -0.39 is 0 Å². The monoisotopic (exact) mass is 272 g/mol. The fraction of sp³-hybridized carbons (Fsp3) is 0. The van der Waals surface area contributed by atoms with Gasteiger partial charge in [0.1, 0.15) is 21.9 Å². The van der Waals surface area contributed by atoms with Crippen LogP contribution in [0, 0.1) is 32.1 Å². The largest absolute Gasteiger partial charge is 0.438 e. The topological polar surface area (TPSA) is 73.9 Å². The zero-order valence-electron chi connectivity index (χ0n) is 8.84. The van der Waals surface area contributed by atoms with Crippen LogP contribution in [0.2, 0.25) is 0 Å². The first kappa shape index (κ1) is 10.8. The summed E-state index contributed by atoms with van der Waals surface area (Å²) in [7, 11) is 0. The van der Waals surface area contributed by atoms with Crippen molar-refractivity contribution in [3.8, 4) is 12.1 Å². The molecule has 2 aliphatic heterocycles. The van der Waals surface area contributed by atoms with E-state index in [1.54, 1.807) is 12.1 Å². The van der Waals surface area contributed by atoms with Gasteiger partial charge in [-0.25, -0.2) is 0 Å². The average molecular weight is 272 g/mol. The average Bonchev–Trinajstić information content (AvgIpc) is 2.43. The van der Waals surface area contributed by atoms with Crippen LogP contribution >= 0.6 is 22.7 Å². The van der Waals surface area contributed by atoms with Gasteiger partial charge in [-0.3, -0.25) is 0 Å². The predicted molar refractivity (Wildman–Crippen MR) is 66.6 cm³/mol. The summed E-state index contributed by atoms with van der Waals surface area (Å²) >= 11 is 2.24. The van der Waals surface area contributed by atoms with Crippen LogP contribution in [0.5, 0.6) is 0 Å². The third-order valence-corrected chi connectivity index (χ3v) is 4.39. The van der Waals surface area contributed by atoms with Gasteiger partial charge in [-0.15, -0.1) is 0 Å². The molecule has 2 aliphatic rings. The Balaban J connectivity index is 2.51. The maximum Gasteiger partial charge on any atom is 0.235 e. The molecule has 0 bridgehead atoms. The summed E-state index contributed by atoms with van der Waals surface area (Å²) in [5, 5.41) is 17.9. The summed E-state index contributed by atoms with van der Waals surface area (Å²) in [6.45, 7) is 0. The summed E-state index contributed by atoms with van der Waals surface area (Å²) in [6, 6.07) is 11.3. The lowest BCUT2D eigenvalue weighted by atomic mass is 10.3. The number of hydrogen-bond donors (Lipinski definition) is 0. The van der Waals surface area contributed by atoms with Crippen molar-refractivity contribution < 1.29 is 8.83 Å². The van der Waals surface area contributed by atoms with E-state index in [0.717, 1.165) is 22.7 Å². The molecule has 6 heteroatoms. The van der Waals surface area contributed by atoms with Gasteiger partial charge in [0.2, 0.25) is 9.46 Å². The van der Waals surface area contributed by atoms with E-state index in [-0.39, 0.29) is 0 Å². The first-order valence-corrected chi connectivity index (χ1v) is 6.54. The Kier molecular flexibility index (Phi) is 2.52. The summed E-state index contributed by atoms with van der Waals surface area (Å²) in [5.41, 5.74) is 1.23. The standard InChI is InChI=1S/C12H4N2O2S2/c13-5-9-10(6-14)18-12-11(17-9)15-7-3-1-2-4-8(7)16-12/h1-4H. The van der Waals surface area contributed by atoms with Gasteiger partial charge in [0, 0.05) is 0 Å². The third-order valence-electron chi connectivity index (χ3n) is 2.22. The quantitative estimate of drug-likeness (QED) is 0.624. The summed E-state index contributed by atoms with van der Waals surface area (Å²) in [6.07, 6.45) is 0. The molecule has 0 N–H and O–H groups in total. The maximum absolute atomic E-state index is 8.97. The number of hydrogen-bond acceptors (Lipinski definition) is 6. The fourth-order valence-corrected chi connectivity index (χ4v) is 3.20. The van der Waals surface area contributed by atoms with Crippen molar-refractivity contribution in [2.75, 3.05) is 0 Å². The third kappa shape index (κ3) is 1.65. The molecule has 0 radical (unpaired) electrons. The molecule has 0 spiro atoms. The number of rotatable bonds is 0. The minimum Gasteiger partial charge on any atom is -0.438 e. The molecule has 3 rings (SSSR count). The van der Waals surface area contributed by atoms with E-state index in [1.807, 2.05) is 24.3 Å². The van der Waals surface area contributed by atoms with Gasteiger partial charge >= 0.3 is 0 Å². The molecular weight excluding hydrogens is 268 g/mol. The van der Waals surface area contributed by atoms with Crippen molar-refractivity contribution in [1.29, 1.82) is 10.5 Å². The molecule has 0 aromatic heterocycles. The summed E-state index contributed by atoms with van der Waals surface area (Å²) in [5.74, 6) is 0. The first-order valence-electron chi connectivity index (χ1n) is 4.91. The molecule has 0 unspecified atom stereocenters. The van der Waals surface area contributed by atoms with E-state index in [1.165, 1.54) is 0 Å². The molecular formula is C12H4N2O2S2. The van der Waals surface area contributed by atoms with Crippen LogP contribution in [0.1, 0.15) is 9.75 Å². The zero-order chi connectivity index (χ0) is 12.5. The Morgan fingerprint density at radius 3 is 1.67 bits per heavy atom. The Labute approximate surface area is 109 Å². The first-order chi connectivity index (χ1) is 8.81. The van der Waals surface area contributed by atoms with Crippen LogP contribution in [0.25, 0.3) is 11.2 Å². The lowest BCUT2D eigenvalue weighted by Gasteiger charge is -1.98. The van der Waals surface area contributed by atoms with Crippen molar-refractivity contribution in [1.82, 2.24) is 0 Å². The second-order valence-electron chi connectivity index (χ2n) is 3.31. The number of fused-ring (bicyclic) bond motifs is 1. The normalized spacial score (nSPS) is 10.1. The van der Waals surface area contributed by atoms with Crippen LogP contribution in [-0.4, -0.2) is 0 Å². The summed E-state index contributed by atoms with van der Waals surface area (Å²) in [4.78, 5) is 0.675. The molecule has 18 heavy (non-hydrogen) atoms. The minimum absolute atomic E-state index is 0.337. The van der Waals surface area contributed by atoms with Crippen LogP contribution in [-0.2, 0) is 0 Å². The van der Waals surface area contributed by atoms with Crippen molar-refractivity contribution >= 4 is 33.8 Å². The van der Waals surface area contributed by atoms with Gasteiger partial charge in [-0.2, -0.15) is 10.5 Å². The summed E-state index contributed by atoms with van der Waals surface area (Å²) < 4.78 is 12.3. The molecule has 86 valence electrons. The lowest BCUT2D eigenvalue weighted by Crippen LogP contribution is -1.81. The molecule has 0 aliphatic carbocycles. The van der Waals surface area contributed by atoms with E-state index in [2.05, 4.69) is 0 Å². The predicted octanol–water partition coefficient (Wildman–Crippen LogP) is 3.74. The highest BCUT2D eigenvalue weighted by Crippen LogP contribution is 2.25. The minimum atomic E-state index is 0.337. The Morgan fingerprint density at radius 2 is 1.28 bits per heavy atom. The van der Waals surface area contributed by atoms with Gasteiger partial charge in [0.05, 0.1) is 0 Å². The Bertz CT molecular complexity index is 837. The highest BCUT2D eigenvalue weighted by Gasteiger charge is 2.08.